The first kappa shape index (κ1) is 7.68. The molecule has 0 bridgehead atoms. The summed E-state index contributed by atoms with van der Waals surface area (Å²) in [7, 11) is -4.08. The molecule has 1 aliphatic rings. The maximum absolute atomic E-state index is 10.7. The Bertz CT molecular complexity index is 236. The van der Waals surface area contributed by atoms with Crippen LogP contribution in [0.4, 0.5) is 0 Å². The lowest BCUT2D eigenvalue weighted by Gasteiger charge is -1.92. The molecule has 0 aliphatic heterocycles. The van der Waals surface area contributed by atoms with Crippen molar-refractivity contribution in [2.24, 2.45) is 5.92 Å². The standard InChI is InChI=1S/C5H8O4S/c6-5(4-1-2-4)3-10(7,8)9/h4H,1-3H2,(H,7,8,9). The summed E-state index contributed by atoms with van der Waals surface area (Å²) < 4.78 is 28.4. The fraction of sp³-hybridized carbons (Fsp3) is 0.800. The topological polar surface area (TPSA) is 71.4 Å². The Hall–Kier alpha value is -0.420. The second-order valence-electron chi connectivity index (χ2n) is 2.47. The van der Waals surface area contributed by atoms with Gasteiger partial charge in [-0.1, -0.05) is 0 Å². The van der Waals surface area contributed by atoms with E-state index >= 15 is 0 Å². The van der Waals surface area contributed by atoms with Gasteiger partial charge in [-0.3, -0.25) is 9.35 Å². The molecule has 1 aliphatic carbocycles. The third kappa shape index (κ3) is 2.45. The molecule has 0 radical (unpaired) electrons. The van der Waals surface area contributed by atoms with Gasteiger partial charge in [-0.2, -0.15) is 8.42 Å². The van der Waals surface area contributed by atoms with E-state index in [-0.39, 0.29) is 11.7 Å². The monoisotopic (exact) mass is 164 g/mol. The summed E-state index contributed by atoms with van der Waals surface area (Å²) in [6.07, 6.45) is 1.54. The second kappa shape index (κ2) is 2.32. The zero-order valence-corrected chi connectivity index (χ0v) is 6.10. The number of hydrogen-bond donors (Lipinski definition) is 1. The van der Waals surface area contributed by atoms with Crippen LogP contribution >= 0.6 is 0 Å². The molecule has 1 rings (SSSR count). The van der Waals surface area contributed by atoms with Crippen molar-refractivity contribution in [3.8, 4) is 0 Å². The molecule has 0 atom stereocenters. The van der Waals surface area contributed by atoms with E-state index in [9.17, 15) is 13.2 Å². The molecule has 5 heteroatoms. The van der Waals surface area contributed by atoms with Crippen molar-refractivity contribution in [1.29, 1.82) is 0 Å². The van der Waals surface area contributed by atoms with Crippen LogP contribution in [0, 0.1) is 5.92 Å². The number of rotatable bonds is 3. The lowest BCUT2D eigenvalue weighted by atomic mass is 10.3. The van der Waals surface area contributed by atoms with Gasteiger partial charge >= 0.3 is 0 Å². The second-order valence-corrected chi connectivity index (χ2v) is 3.92. The first-order chi connectivity index (χ1) is 4.49. The molecular formula is C5H8O4S. The van der Waals surface area contributed by atoms with E-state index in [1.165, 1.54) is 0 Å². The molecule has 0 aromatic heterocycles. The summed E-state index contributed by atoms with van der Waals surface area (Å²) >= 11 is 0. The highest BCUT2D eigenvalue weighted by Gasteiger charge is 2.31. The Morgan fingerprint density at radius 1 is 1.50 bits per heavy atom. The van der Waals surface area contributed by atoms with Crippen LogP contribution < -0.4 is 0 Å². The average molecular weight is 164 g/mol. The molecule has 1 fully saturated rings. The van der Waals surface area contributed by atoms with E-state index in [0.29, 0.717) is 0 Å². The van der Waals surface area contributed by atoms with Gasteiger partial charge in [-0.05, 0) is 12.8 Å². The van der Waals surface area contributed by atoms with Gasteiger partial charge < -0.3 is 0 Å². The molecule has 0 heterocycles. The van der Waals surface area contributed by atoms with Crippen LogP contribution in [0.1, 0.15) is 12.8 Å². The van der Waals surface area contributed by atoms with E-state index in [0.717, 1.165) is 12.8 Å². The van der Waals surface area contributed by atoms with Gasteiger partial charge in [0.2, 0.25) is 0 Å². The maximum Gasteiger partial charge on any atom is 0.272 e. The highest BCUT2D eigenvalue weighted by molar-refractivity contribution is 7.86. The van der Waals surface area contributed by atoms with E-state index in [2.05, 4.69) is 0 Å². The van der Waals surface area contributed by atoms with Gasteiger partial charge in [-0.15, -0.1) is 0 Å². The summed E-state index contributed by atoms with van der Waals surface area (Å²) in [5, 5.41) is 0. The van der Waals surface area contributed by atoms with Crippen molar-refractivity contribution in [2.45, 2.75) is 12.8 Å². The third-order valence-electron chi connectivity index (χ3n) is 1.36. The first-order valence-electron chi connectivity index (χ1n) is 2.97. The molecule has 4 nitrogen and oxygen atoms in total. The van der Waals surface area contributed by atoms with Crippen molar-refractivity contribution in [3.05, 3.63) is 0 Å². The van der Waals surface area contributed by atoms with Gasteiger partial charge in [-0.25, -0.2) is 0 Å². The lowest BCUT2D eigenvalue weighted by molar-refractivity contribution is -0.117. The molecule has 0 aromatic rings. The molecular weight excluding hydrogens is 156 g/mol. The number of Topliss-reactive ketones (excluding diaryl/α,β-unsaturated/α-hetero) is 1. The predicted octanol–water partition coefficient (Wildman–Crippen LogP) is -0.147. The van der Waals surface area contributed by atoms with Crippen LogP contribution in [0.5, 0.6) is 0 Å². The van der Waals surface area contributed by atoms with Crippen LogP contribution in [0.3, 0.4) is 0 Å². The van der Waals surface area contributed by atoms with Gasteiger partial charge in [0, 0.05) is 5.92 Å². The van der Waals surface area contributed by atoms with Gasteiger partial charge in [0.15, 0.2) is 5.78 Å². The number of ketones is 1. The normalized spacial score (nSPS) is 18.9. The molecule has 0 spiro atoms. The Morgan fingerprint density at radius 2 is 2.00 bits per heavy atom. The predicted molar refractivity (Wildman–Crippen MR) is 34.1 cm³/mol. The third-order valence-corrected chi connectivity index (χ3v) is 2.01. The van der Waals surface area contributed by atoms with E-state index in [1.807, 2.05) is 0 Å². The Balaban J connectivity index is 2.45. The van der Waals surface area contributed by atoms with Gasteiger partial charge in [0.05, 0.1) is 0 Å². The van der Waals surface area contributed by atoms with Crippen molar-refractivity contribution in [2.75, 3.05) is 5.75 Å². The van der Waals surface area contributed by atoms with Crippen LogP contribution in [0.2, 0.25) is 0 Å². The molecule has 10 heavy (non-hydrogen) atoms. The van der Waals surface area contributed by atoms with Crippen LogP contribution in [-0.2, 0) is 14.9 Å². The summed E-state index contributed by atoms with van der Waals surface area (Å²) in [5.41, 5.74) is 0. The van der Waals surface area contributed by atoms with Crippen molar-refractivity contribution >= 4 is 15.9 Å². The first-order valence-corrected chi connectivity index (χ1v) is 4.58. The highest BCUT2D eigenvalue weighted by atomic mass is 32.2. The van der Waals surface area contributed by atoms with Crippen LogP contribution in [0.25, 0.3) is 0 Å². The van der Waals surface area contributed by atoms with Crippen LogP contribution in [0.15, 0.2) is 0 Å². The molecule has 0 unspecified atom stereocenters. The van der Waals surface area contributed by atoms with Crippen molar-refractivity contribution in [1.82, 2.24) is 0 Å². The highest BCUT2D eigenvalue weighted by Crippen LogP contribution is 2.29. The van der Waals surface area contributed by atoms with Crippen molar-refractivity contribution < 1.29 is 17.8 Å². The Labute approximate surface area is 59.0 Å². The zero-order valence-electron chi connectivity index (χ0n) is 5.28. The summed E-state index contributed by atoms with van der Waals surface area (Å²) in [6, 6.07) is 0. The number of hydrogen-bond acceptors (Lipinski definition) is 3. The molecule has 58 valence electrons. The summed E-state index contributed by atoms with van der Waals surface area (Å²) in [6.45, 7) is 0. The largest absolute Gasteiger partial charge is 0.298 e. The number of carbonyl (C=O) groups is 1. The molecule has 1 saturated carbocycles. The fourth-order valence-electron chi connectivity index (χ4n) is 0.703. The zero-order chi connectivity index (χ0) is 7.78. The van der Waals surface area contributed by atoms with E-state index in [4.69, 9.17) is 4.55 Å². The van der Waals surface area contributed by atoms with Crippen LogP contribution in [-0.4, -0.2) is 24.5 Å². The minimum Gasteiger partial charge on any atom is -0.298 e. The van der Waals surface area contributed by atoms with Crippen molar-refractivity contribution in [3.63, 3.8) is 0 Å². The summed E-state index contributed by atoms with van der Waals surface area (Å²) in [5.74, 6) is -1.16. The molecule has 0 amide bonds. The Kier molecular flexibility index (Phi) is 1.78. The van der Waals surface area contributed by atoms with Gasteiger partial charge in [0.25, 0.3) is 10.1 Å². The molecule has 1 N–H and O–H groups in total. The molecule has 0 saturated heterocycles. The lowest BCUT2D eigenvalue weighted by Crippen LogP contribution is -2.15. The van der Waals surface area contributed by atoms with E-state index < -0.39 is 15.9 Å². The average Bonchev–Trinajstić information content (AvgIpc) is 2.35. The number of carbonyl (C=O) groups excluding carboxylic acids is 1. The maximum atomic E-state index is 10.7. The smallest absolute Gasteiger partial charge is 0.272 e. The SMILES string of the molecule is O=C(CS(=O)(=O)O)C1CC1. The quantitative estimate of drug-likeness (QED) is 0.589. The Morgan fingerprint density at radius 3 is 2.30 bits per heavy atom. The summed E-state index contributed by atoms with van der Waals surface area (Å²) in [4.78, 5) is 10.7. The fourth-order valence-corrected chi connectivity index (χ4v) is 1.30. The van der Waals surface area contributed by atoms with Gasteiger partial charge in [0.1, 0.15) is 5.75 Å². The molecule has 0 aromatic carbocycles. The van der Waals surface area contributed by atoms with E-state index in [1.54, 1.807) is 0 Å². The minimum absolute atomic E-state index is 0.0954. The minimum atomic E-state index is -4.08.